The van der Waals surface area contributed by atoms with Crippen LogP contribution in [0, 0.1) is 28.6 Å². The minimum atomic E-state index is -0.864. The van der Waals surface area contributed by atoms with E-state index >= 15 is 0 Å². The Balaban J connectivity index is 2.10. The van der Waals surface area contributed by atoms with E-state index in [9.17, 15) is 19.2 Å². The number of nitrogens with zero attached hydrogens (tertiary/aromatic N) is 1. The van der Waals surface area contributed by atoms with Crippen molar-refractivity contribution in [1.29, 1.82) is 0 Å². The van der Waals surface area contributed by atoms with Crippen molar-refractivity contribution in [1.82, 2.24) is 20.9 Å². The molecule has 1 saturated heterocycles. The van der Waals surface area contributed by atoms with Crippen molar-refractivity contribution in [3.63, 3.8) is 0 Å². The summed E-state index contributed by atoms with van der Waals surface area (Å²) in [5.74, 6) is -0.446. The van der Waals surface area contributed by atoms with E-state index in [-0.39, 0.29) is 35.6 Å². The molecule has 1 aliphatic carbocycles. The van der Waals surface area contributed by atoms with Gasteiger partial charge in [-0.05, 0) is 43.4 Å². The molecule has 206 valence electrons. The second kappa shape index (κ2) is 10.5. The summed E-state index contributed by atoms with van der Waals surface area (Å²) < 4.78 is 10.3. The number of rotatable bonds is 7. The first-order valence-electron chi connectivity index (χ1n) is 12.7. The van der Waals surface area contributed by atoms with Gasteiger partial charge in [-0.15, -0.1) is 0 Å². The van der Waals surface area contributed by atoms with Crippen LogP contribution >= 0.6 is 0 Å². The number of carbonyl (C=O) groups excluding carboxylic acids is 4. The molecule has 0 spiro atoms. The molecule has 2 aliphatic rings. The van der Waals surface area contributed by atoms with Gasteiger partial charge in [0.2, 0.25) is 5.91 Å². The second-order valence-electron chi connectivity index (χ2n) is 13.1. The van der Waals surface area contributed by atoms with E-state index in [1.807, 2.05) is 34.6 Å². The largest absolute Gasteiger partial charge is 0.467 e. The van der Waals surface area contributed by atoms with Crippen LogP contribution in [-0.4, -0.2) is 72.8 Å². The number of carbonyl (C=O) groups is 4. The molecule has 5 atom stereocenters. The zero-order valence-corrected chi connectivity index (χ0v) is 23.8. The molecule has 0 aromatic heterocycles. The number of esters is 1. The molecule has 0 aromatic rings. The van der Waals surface area contributed by atoms with Gasteiger partial charge in [-0.3, -0.25) is 4.79 Å². The van der Waals surface area contributed by atoms with Gasteiger partial charge in [0.15, 0.2) is 0 Å². The molecule has 1 aliphatic heterocycles. The Kier molecular flexibility index (Phi) is 8.63. The summed E-state index contributed by atoms with van der Waals surface area (Å²) in [5.41, 5.74) is -1.27. The molecular formula is C26H46N4O6. The number of nitrogens with one attached hydrogen (secondary N) is 3. The first kappa shape index (κ1) is 29.7. The highest BCUT2D eigenvalue weighted by Gasteiger charge is 2.70. The van der Waals surface area contributed by atoms with Gasteiger partial charge < -0.3 is 30.3 Å². The zero-order valence-electron chi connectivity index (χ0n) is 23.8. The van der Waals surface area contributed by atoms with Crippen LogP contribution in [0.2, 0.25) is 0 Å². The molecule has 0 bridgehead atoms. The number of amides is 4. The van der Waals surface area contributed by atoms with Crippen molar-refractivity contribution >= 4 is 24.0 Å². The summed E-state index contributed by atoms with van der Waals surface area (Å²) >= 11 is 0. The van der Waals surface area contributed by atoms with E-state index in [2.05, 4.69) is 29.8 Å². The summed E-state index contributed by atoms with van der Waals surface area (Å²) in [6, 6.07) is -2.43. The van der Waals surface area contributed by atoms with Gasteiger partial charge in [0.05, 0.1) is 13.2 Å². The minimum absolute atomic E-state index is 0.00565. The molecule has 36 heavy (non-hydrogen) atoms. The fraction of sp³-hybridized carbons (Fsp3) is 0.846. The summed E-state index contributed by atoms with van der Waals surface area (Å²) in [6.07, 6.45) is -0.567. The maximum absolute atomic E-state index is 13.7. The van der Waals surface area contributed by atoms with Gasteiger partial charge in [-0.2, -0.15) is 0 Å². The molecule has 1 heterocycles. The van der Waals surface area contributed by atoms with Gasteiger partial charge >= 0.3 is 18.1 Å². The number of fused-ring (bicyclic) bond motifs is 1. The lowest BCUT2D eigenvalue weighted by Crippen LogP contribution is -2.61. The van der Waals surface area contributed by atoms with Crippen LogP contribution in [0.5, 0.6) is 0 Å². The molecular weight excluding hydrogens is 464 g/mol. The van der Waals surface area contributed by atoms with E-state index in [1.165, 1.54) is 7.11 Å². The van der Waals surface area contributed by atoms with Crippen molar-refractivity contribution in [2.45, 2.75) is 93.0 Å². The Hall–Kier alpha value is -2.52. The minimum Gasteiger partial charge on any atom is -0.467 e. The lowest BCUT2D eigenvalue weighted by Gasteiger charge is -2.37. The lowest BCUT2D eigenvalue weighted by atomic mass is 9.85. The summed E-state index contributed by atoms with van der Waals surface area (Å²) in [6.45, 7) is 19.6. The van der Waals surface area contributed by atoms with Crippen LogP contribution in [0.4, 0.5) is 9.59 Å². The summed E-state index contributed by atoms with van der Waals surface area (Å²) in [4.78, 5) is 53.0. The Morgan fingerprint density at radius 1 is 1.03 bits per heavy atom. The number of piperidine rings is 1. The normalized spacial score (nSPS) is 24.3. The highest BCUT2D eigenvalue weighted by Crippen LogP contribution is 2.65. The van der Waals surface area contributed by atoms with E-state index < -0.39 is 47.2 Å². The Morgan fingerprint density at radius 2 is 1.61 bits per heavy atom. The second-order valence-corrected chi connectivity index (χ2v) is 13.1. The Morgan fingerprint density at radius 3 is 2.08 bits per heavy atom. The number of likely N-dealkylation sites (tertiary alicyclic amines) is 1. The van der Waals surface area contributed by atoms with Crippen LogP contribution in [0.3, 0.4) is 0 Å². The number of methoxy groups -OCH3 is 1. The van der Waals surface area contributed by atoms with Crippen LogP contribution in [0.25, 0.3) is 0 Å². The van der Waals surface area contributed by atoms with E-state index in [1.54, 1.807) is 25.7 Å². The third-order valence-electron chi connectivity index (χ3n) is 7.31. The molecule has 3 N–H and O–H groups in total. The molecule has 10 heteroatoms. The van der Waals surface area contributed by atoms with Crippen molar-refractivity contribution in [3.8, 4) is 0 Å². The van der Waals surface area contributed by atoms with Gasteiger partial charge in [0.25, 0.3) is 0 Å². The van der Waals surface area contributed by atoms with Gasteiger partial charge in [-0.1, -0.05) is 48.5 Å². The predicted octanol–water partition coefficient (Wildman–Crippen LogP) is 2.91. The smallest absolute Gasteiger partial charge is 0.407 e. The molecule has 1 saturated carbocycles. The first-order chi connectivity index (χ1) is 16.3. The van der Waals surface area contributed by atoms with Gasteiger partial charge in [0, 0.05) is 19.0 Å². The van der Waals surface area contributed by atoms with E-state index in [0.717, 1.165) is 0 Å². The van der Waals surface area contributed by atoms with Gasteiger partial charge in [-0.25, -0.2) is 14.4 Å². The molecule has 0 radical (unpaired) electrons. The highest BCUT2D eigenvalue weighted by atomic mass is 16.6. The van der Waals surface area contributed by atoms with Crippen molar-refractivity contribution in [2.24, 2.45) is 28.6 Å². The zero-order chi connectivity index (χ0) is 27.8. The SMILES string of the molecule is COC(=O)[C@@H]1[C@@H]2[C@H](CN1C(=O)[C@@H](NC(=O)NC(CNC(=O)OC(C)(C)C)C(C)C)C(C)(C)C)C2(C)C. The Labute approximate surface area is 215 Å². The average Bonchev–Trinajstić information content (AvgIpc) is 3.06. The summed E-state index contributed by atoms with van der Waals surface area (Å²) in [7, 11) is 1.33. The molecule has 1 unspecified atom stereocenters. The summed E-state index contributed by atoms with van der Waals surface area (Å²) in [5, 5.41) is 8.40. The number of urea groups is 1. The third kappa shape index (κ3) is 6.82. The van der Waals surface area contributed by atoms with Crippen LogP contribution < -0.4 is 16.0 Å². The number of hydrogen-bond donors (Lipinski definition) is 3. The molecule has 10 nitrogen and oxygen atoms in total. The molecule has 2 fully saturated rings. The lowest BCUT2D eigenvalue weighted by molar-refractivity contribution is -0.154. The fourth-order valence-electron chi connectivity index (χ4n) is 5.02. The predicted molar refractivity (Wildman–Crippen MR) is 136 cm³/mol. The third-order valence-corrected chi connectivity index (χ3v) is 7.31. The quantitative estimate of drug-likeness (QED) is 0.452. The van der Waals surface area contributed by atoms with Crippen LogP contribution in [-0.2, 0) is 19.1 Å². The van der Waals surface area contributed by atoms with Crippen molar-refractivity contribution < 1.29 is 28.7 Å². The van der Waals surface area contributed by atoms with Gasteiger partial charge in [0.1, 0.15) is 17.7 Å². The fourth-order valence-corrected chi connectivity index (χ4v) is 5.02. The standard InChI is InChI=1S/C26H46N4O6/c1-14(2)16(12-27-23(34)36-25(6,7)8)28-22(33)29-19(24(3,4)5)20(31)30-13-15-17(26(15,9)10)18(30)21(32)35-11/h14-19H,12-13H2,1-11H3,(H,27,34)(H2,28,29,33)/t15-,16?,17-,18-,19+/m0/s1. The molecule has 0 aromatic carbocycles. The maximum Gasteiger partial charge on any atom is 0.407 e. The first-order valence-corrected chi connectivity index (χ1v) is 12.7. The van der Waals surface area contributed by atoms with Crippen molar-refractivity contribution in [2.75, 3.05) is 20.2 Å². The van der Waals surface area contributed by atoms with Crippen LogP contribution in [0.1, 0.15) is 69.2 Å². The monoisotopic (exact) mass is 510 g/mol. The highest BCUT2D eigenvalue weighted by molar-refractivity contribution is 5.92. The van der Waals surface area contributed by atoms with E-state index in [4.69, 9.17) is 9.47 Å². The van der Waals surface area contributed by atoms with E-state index in [0.29, 0.717) is 6.54 Å². The number of ether oxygens (including phenoxy) is 2. The topological polar surface area (TPSA) is 126 Å². The van der Waals surface area contributed by atoms with Crippen LogP contribution in [0.15, 0.2) is 0 Å². The average molecular weight is 511 g/mol. The number of hydrogen-bond acceptors (Lipinski definition) is 6. The Bertz CT molecular complexity index is 857. The molecule has 2 rings (SSSR count). The number of alkyl carbamates (subject to hydrolysis) is 1. The maximum atomic E-state index is 13.7. The van der Waals surface area contributed by atoms with Crippen molar-refractivity contribution in [3.05, 3.63) is 0 Å². The molecule has 4 amide bonds.